The number of carbonyl (C=O) groups is 1. The molecule has 0 bridgehead atoms. The second-order valence-corrected chi connectivity index (χ2v) is 6.47. The van der Waals surface area contributed by atoms with E-state index in [1.807, 2.05) is 32.2 Å². The van der Waals surface area contributed by atoms with Crippen molar-refractivity contribution < 1.29 is 9.21 Å². The van der Waals surface area contributed by atoms with Gasteiger partial charge in [0.1, 0.15) is 11.6 Å². The zero-order valence-electron chi connectivity index (χ0n) is 14.0. The summed E-state index contributed by atoms with van der Waals surface area (Å²) in [4.78, 5) is 14.6. The molecule has 0 aliphatic carbocycles. The lowest BCUT2D eigenvalue weighted by Crippen LogP contribution is -2.41. The van der Waals surface area contributed by atoms with Gasteiger partial charge in [-0.1, -0.05) is 6.92 Å². The first-order valence-corrected chi connectivity index (χ1v) is 8.11. The summed E-state index contributed by atoms with van der Waals surface area (Å²) in [5.74, 6) is 2.30. The second kappa shape index (κ2) is 6.58. The lowest BCUT2D eigenvalue weighted by molar-refractivity contribution is -0.118. The van der Waals surface area contributed by atoms with Crippen LogP contribution in [0.15, 0.2) is 28.9 Å². The summed E-state index contributed by atoms with van der Waals surface area (Å²) in [6, 6.07) is 5.96. The van der Waals surface area contributed by atoms with E-state index in [1.165, 1.54) is 0 Å². The van der Waals surface area contributed by atoms with Crippen molar-refractivity contribution in [2.24, 2.45) is 13.0 Å². The van der Waals surface area contributed by atoms with E-state index in [2.05, 4.69) is 22.2 Å². The van der Waals surface area contributed by atoms with Crippen LogP contribution < -0.4 is 5.32 Å². The average molecular weight is 316 g/mol. The van der Waals surface area contributed by atoms with Crippen LogP contribution in [0.3, 0.4) is 0 Å². The number of anilines is 1. The lowest BCUT2D eigenvalue weighted by Gasteiger charge is -2.36. The van der Waals surface area contributed by atoms with Crippen molar-refractivity contribution in [3.8, 4) is 0 Å². The third-order valence-corrected chi connectivity index (χ3v) is 4.46. The number of carbonyl (C=O) groups excluding carboxylic acids is 1. The van der Waals surface area contributed by atoms with Crippen molar-refractivity contribution in [1.82, 2.24) is 14.7 Å². The maximum atomic E-state index is 12.4. The molecule has 1 N–H and O–H groups in total. The molecule has 2 atom stereocenters. The van der Waals surface area contributed by atoms with Gasteiger partial charge < -0.3 is 9.73 Å². The van der Waals surface area contributed by atoms with Gasteiger partial charge in [0, 0.05) is 13.1 Å². The van der Waals surface area contributed by atoms with Gasteiger partial charge in [-0.25, -0.2) is 0 Å². The van der Waals surface area contributed by atoms with Gasteiger partial charge >= 0.3 is 0 Å². The molecule has 2 unspecified atom stereocenters. The average Bonchev–Trinajstić information content (AvgIpc) is 3.11. The number of aromatic nitrogens is 2. The third-order valence-electron chi connectivity index (χ3n) is 4.46. The highest BCUT2D eigenvalue weighted by Crippen LogP contribution is 2.33. The summed E-state index contributed by atoms with van der Waals surface area (Å²) in [5, 5.41) is 7.19. The number of nitrogens with zero attached hydrogens (tertiary/aromatic N) is 3. The maximum Gasteiger partial charge on any atom is 0.239 e. The predicted molar refractivity (Wildman–Crippen MR) is 88.0 cm³/mol. The molecule has 2 aromatic heterocycles. The normalized spacial score (nSPS) is 22.2. The van der Waals surface area contributed by atoms with Crippen molar-refractivity contribution in [1.29, 1.82) is 0 Å². The van der Waals surface area contributed by atoms with Crippen LogP contribution in [0, 0.1) is 12.8 Å². The molecule has 1 aliphatic rings. The Morgan fingerprint density at radius 1 is 1.52 bits per heavy atom. The number of piperidine rings is 1. The van der Waals surface area contributed by atoms with E-state index < -0.39 is 0 Å². The largest absolute Gasteiger partial charge is 0.468 e. The molecule has 0 aromatic carbocycles. The van der Waals surface area contributed by atoms with Gasteiger partial charge in [-0.3, -0.25) is 14.4 Å². The van der Waals surface area contributed by atoms with Gasteiger partial charge in [-0.15, -0.1) is 0 Å². The van der Waals surface area contributed by atoms with Gasteiger partial charge in [0.05, 0.1) is 24.5 Å². The fraction of sp³-hybridized carbons (Fsp3) is 0.529. The highest BCUT2D eigenvalue weighted by Gasteiger charge is 2.30. The van der Waals surface area contributed by atoms with E-state index in [-0.39, 0.29) is 11.9 Å². The van der Waals surface area contributed by atoms with Crippen molar-refractivity contribution in [3.63, 3.8) is 0 Å². The van der Waals surface area contributed by atoms with Crippen LogP contribution >= 0.6 is 0 Å². The zero-order valence-corrected chi connectivity index (χ0v) is 14.0. The van der Waals surface area contributed by atoms with E-state index in [0.29, 0.717) is 12.5 Å². The van der Waals surface area contributed by atoms with Gasteiger partial charge in [0.25, 0.3) is 0 Å². The number of nitrogens with one attached hydrogen (secondary N) is 1. The highest BCUT2D eigenvalue weighted by atomic mass is 16.3. The van der Waals surface area contributed by atoms with Gasteiger partial charge in [0.15, 0.2) is 0 Å². The number of likely N-dealkylation sites (tertiary alicyclic amines) is 1. The van der Waals surface area contributed by atoms with Crippen molar-refractivity contribution >= 4 is 11.7 Å². The van der Waals surface area contributed by atoms with Crippen molar-refractivity contribution in [2.75, 3.05) is 18.4 Å². The lowest BCUT2D eigenvalue weighted by atomic mass is 9.91. The number of amides is 1. The molecule has 3 heterocycles. The molecule has 1 aliphatic heterocycles. The van der Waals surface area contributed by atoms with E-state index in [0.717, 1.165) is 36.7 Å². The van der Waals surface area contributed by atoms with E-state index >= 15 is 0 Å². The molecule has 6 nitrogen and oxygen atoms in total. The van der Waals surface area contributed by atoms with Crippen LogP contribution in [0.1, 0.15) is 37.3 Å². The van der Waals surface area contributed by atoms with Crippen LogP contribution in [0.25, 0.3) is 0 Å². The molecule has 23 heavy (non-hydrogen) atoms. The Morgan fingerprint density at radius 2 is 2.35 bits per heavy atom. The Balaban J connectivity index is 1.67. The van der Waals surface area contributed by atoms with Crippen molar-refractivity contribution in [2.45, 2.75) is 32.7 Å². The zero-order chi connectivity index (χ0) is 16.4. The summed E-state index contributed by atoms with van der Waals surface area (Å²) in [6.07, 6.45) is 3.83. The molecule has 0 spiro atoms. The minimum absolute atomic E-state index is 0.0147. The predicted octanol–water partition coefficient (Wildman–Crippen LogP) is 2.73. The Hall–Kier alpha value is -2.08. The molecule has 2 aromatic rings. The number of furan rings is 1. The second-order valence-electron chi connectivity index (χ2n) is 6.47. The summed E-state index contributed by atoms with van der Waals surface area (Å²) in [7, 11) is 1.83. The maximum absolute atomic E-state index is 12.4. The molecule has 0 saturated carbocycles. The number of aryl methyl sites for hydroxylation is 2. The molecular weight excluding hydrogens is 292 g/mol. The fourth-order valence-corrected chi connectivity index (χ4v) is 3.25. The molecular formula is C17H24N4O2. The monoisotopic (exact) mass is 316 g/mol. The first-order valence-electron chi connectivity index (χ1n) is 8.11. The fourth-order valence-electron chi connectivity index (χ4n) is 3.25. The molecule has 0 radical (unpaired) electrons. The number of hydrogen-bond acceptors (Lipinski definition) is 4. The molecule has 3 rings (SSSR count). The molecule has 1 amide bonds. The SMILES string of the molecule is Cc1cc(NC(=O)CN2CCC(C)CC2c2ccco2)n(C)n1. The molecule has 1 fully saturated rings. The third kappa shape index (κ3) is 3.64. The van der Waals surface area contributed by atoms with Gasteiger partial charge in [-0.2, -0.15) is 5.10 Å². The summed E-state index contributed by atoms with van der Waals surface area (Å²) in [6.45, 7) is 5.44. The Labute approximate surface area is 136 Å². The summed E-state index contributed by atoms with van der Waals surface area (Å²) >= 11 is 0. The molecule has 1 saturated heterocycles. The molecule has 124 valence electrons. The smallest absolute Gasteiger partial charge is 0.239 e. The molecule has 6 heteroatoms. The minimum Gasteiger partial charge on any atom is -0.468 e. The van der Waals surface area contributed by atoms with E-state index in [4.69, 9.17) is 4.42 Å². The number of hydrogen-bond donors (Lipinski definition) is 1. The van der Waals surface area contributed by atoms with Crippen LogP contribution in [0.2, 0.25) is 0 Å². The first-order chi connectivity index (χ1) is 11.0. The summed E-state index contributed by atoms with van der Waals surface area (Å²) < 4.78 is 7.28. The summed E-state index contributed by atoms with van der Waals surface area (Å²) in [5.41, 5.74) is 0.892. The Kier molecular flexibility index (Phi) is 4.52. The van der Waals surface area contributed by atoms with Gasteiger partial charge in [0.2, 0.25) is 5.91 Å². The van der Waals surface area contributed by atoms with Crippen LogP contribution in [-0.2, 0) is 11.8 Å². The topological polar surface area (TPSA) is 63.3 Å². The quantitative estimate of drug-likeness (QED) is 0.942. The Bertz CT molecular complexity index is 662. The van der Waals surface area contributed by atoms with Crippen LogP contribution in [0.4, 0.5) is 5.82 Å². The van der Waals surface area contributed by atoms with E-state index in [9.17, 15) is 4.79 Å². The van der Waals surface area contributed by atoms with E-state index in [1.54, 1.807) is 10.9 Å². The van der Waals surface area contributed by atoms with Gasteiger partial charge in [-0.05, 0) is 44.4 Å². The Morgan fingerprint density at radius 3 is 3.00 bits per heavy atom. The van der Waals surface area contributed by atoms with Crippen LogP contribution in [0.5, 0.6) is 0 Å². The van der Waals surface area contributed by atoms with Crippen LogP contribution in [-0.4, -0.2) is 33.7 Å². The van der Waals surface area contributed by atoms with Crippen molar-refractivity contribution in [3.05, 3.63) is 35.9 Å². The minimum atomic E-state index is -0.0147. The first kappa shape index (κ1) is 15.8. The standard InChI is InChI=1S/C17H24N4O2/c1-12-6-7-21(14(9-12)15-5-4-8-23-15)11-17(22)18-16-10-13(2)19-20(16)3/h4-5,8,10,12,14H,6-7,9,11H2,1-3H3,(H,18,22). The number of rotatable bonds is 4. The highest BCUT2D eigenvalue weighted by molar-refractivity contribution is 5.91.